The minimum absolute atomic E-state index is 0.0961. The van der Waals surface area contributed by atoms with Crippen molar-refractivity contribution in [2.75, 3.05) is 0 Å². The van der Waals surface area contributed by atoms with Gasteiger partial charge in [-0.25, -0.2) is 4.98 Å². The maximum Gasteiger partial charge on any atom is 0.246 e. The third-order valence-corrected chi connectivity index (χ3v) is 1.92. The molecule has 78 valence electrons. The predicted molar refractivity (Wildman–Crippen MR) is 49.8 cm³/mol. The number of aromatic nitrogens is 4. The fourth-order valence-corrected chi connectivity index (χ4v) is 1.25. The summed E-state index contributed by atoms with van der Waals surface area (Å²) in [4.78, 5) is 7.80. The molecule has 0 spiro atoms. The normalized spacial score (nSPS) is 9.69. The molecular formula is C9H6N6O. The van der Waals surface area contributed by atoms with Gasteiger partial charge in [-0.3, -0.25) is 0 Å². The SMILES string of the molecule is Cc1noc(Cn2cnc(C#N)c2C#N)n1. The van der Waals surface area contributed by atoms with Gasteiger partial charge in [0.2, 0.25) is 5.89 Å². The van der Waals surface area contributed by atoms with Crippen molar-refractivity contribution < 1.29 is 4.52 Å². The van der Waals surface area contributed by atoms with E-state index in [0.29, 0.717) is 11.7 Å². The van der Waals surface area contributed by atoms with E-state index in [9.17, 15) is 0 Å². The van der Waals surface area contributed by atoms with E-state index < -0.39 is 0 Å². The number of imidazole rings is 1. The first kappa shape index (κ1) is 9.87. The second-order valence-electron chi connectivity index (χ2n) is 3.03. The van der Waals surface area contributed by atoms with Crippen molar-refractivity contribution in [2.24, 2.45) is 0 Å². The highest BCUT2D eigenvalue weighted by Crippen LogP contribution is 2.07. The highest BCUT2D eigenvalue weighted by atomic mass is 16.5. The molecule has 2 aromatic heterocycles. The lowest BCUT2D eigenvalue weighted by Gasteiger charge is -1.97. The van der Waals surface area contributed by atoms with E-state index in [1.54, 1.807) is 6.92 Å². The van der Waals surface area contributed by atoms with Gasteiger partial charge in [-0.2, -0.15) is 15.5 Å². The second kappa shape index (κ2) is 3.83. The summed E-state index contributed by atoms with van der Waals surface area (Å²) in [7, 11) is 0. The van der Waals surface area contributed by atoms with Crippen molar-refractivity contribution in [1.29, 1.82) is 10.5 Å². The monoisotopic (exact) mass is 214 g/mol. The van der Waals surface area contributed by atoms with Crippen LogP contribution in [0.1, 0.15) is 23.1 Å². The van der Waals surface area contributed by atoms with Crippen LogP contribution in [0.3, 0.4) is 0 Å². The lowest BCUT2D eigenvalue weighted by molar-refractivity contribution is 0.367. The number of rotatable bonds is 2. The molecule has 0 aliphatic carbocycles. The van der Waals surface area contributed by atoms with Crippen LogP contribution in [0.2, 0.25) is 0 Å². The molecule has 0 aliphatic heterocycles. The van der Waals surface area contributed by atoms with Crippen molar-refractivity contribution in [2.45, 2.75) is 13.5 Å². The van der Waals surface area contributed by atoms with Gasteiger partial charge in [0.15, 0.2) is 17.2 Å². The van der Waals surface area contributed by atoms with E-state index in [4.69, 9.17) is 15.0 Å². The molecule has 0 aliphatic rings. The van der Waals surface area contributed by atoms with Gasteiger partial charge in [0.05, 0.1) is 6.33 Å². The molecule has 0 aromatic carbocycles. The van der Waals surface area contributed by atoms with Crippen molar-refractivity contribution in [1.82, 2.24) is 19.7 Å². The molecule has 16 heavy (non-hydrogen) atoms. The Bertz CT molecular complexity index is 596. The third-order valence-electron chi connectivity index (χ3n) is 1.92. The quantitative estimate of drug-likeness (QED) is 0.714. The molecule has 0 radical (unpaired) electrons. The number of nitrogens with zero attached hydrogens (tertiary/aromatic N) is 6. The van der Waals surface area contributed by atoms with Gasteiger partial charge in [-0.1, -0.05) is 5.16 Å². The van der Waals surface area contributed by atoms with Gasteiger partial charge in [0, 0.05) is 0 Å². The Morgan fingerprint density at radius 3 is 2.81 bits per heavy atom. The van der Waals surface area contributed by atoms with Crippen molar-refractivity contribution in [3.05, 3.63) is 29.4 Å². The Kier molecular flexibility index (Phi) is 2.36. The molecule has 0 atom stereocenters. The Morgan fingerprint density at radius 2 is 2.25 bits per heavy atom. The summed E-state index contributed by atoms with van der Waals surface area (Å²) in [6.45, 7) is 1.94. The van der Waals surface area contributed by atoms with Crippen LogP contribution in [-0.4, -0.2) is 19.7 Å². The smallest absolute Gasteiger partial charge is 0.246 e. The van der Waals surface area contributed by atoms with Crippen LogP contribution in [0.5, 0.6) is 0 Å². The molecule has 2 rings (SSSR count). The molecule has 0 saturated heterocycles. The lowest BCUT2D eigenvalue weighted by Crippen LogP contribution is -2.01. The minimum atomic E-state index is 0.0961. The van der Waals surface area contributed by atoms with Crippen LogP contribution in [-0.2, 0) is 6.54 Å². The number of nitriles is 2. The van der Waals surface area contributed by atoms with Gasteiger partial charge in [-0.15, -0.1) is 0 Å². The van der Waals surface area contributed by atoms with E-state index in [0.717, 1.165) is 0 Å². The zero-order valence-corrected chi connectivity index (χ0v) is 8.38. The van der Waals surface area contributed by atoms with Crippen LogP contribution in [0.4, 0.5) is 0 Å². The minimum Gasteiger partial charge on any atom is -0.337 e. The number of aryl methyl sites for hydroxylation is 1. The second-order valence-corrected chi connectivity index (χ2v) is 3.03. The summed E-state index contributed by atoms with van der Waals surface area (Å²) in [6.07, 6.45) is 1.40. The fourth-order valence-electron chi connectivity index (χ4n) is 1.25. The van der Waals surface area contributed by atoms with Crippen molar-refractivity contribution >= 4 is 0 Å². The van der Waals surface area contributed by atoms with E-state index in [1.807, 2.05) is 12.1 Å². The maximum absolute atomic E-state index is 8.87. The average molecular weight is 214 g/mol. The van der Waals surface area contributed by atoms with E-state index in [-0.39, 0.29) is 17.9 Å². The number of hydrogen-bond donors (Lipinski definition) is 0. The van der Waals surface area contributed by atoms with Crippen LogP contribution in [0.15, 0.2) is 10.9 Å². The van der Waals surface area contributed by atoms with Gasteiger partial charge < -0.3 is 9.09 Å². The highest BCUT2D eigenvalue weighted by molar-refractivity contribution is 5.36. The van der Waals surface area contributed by atoms with Crippen LogP contribution >= 0.6 is 0 Å². The molecule has 0 saturated carbocycles. The summed E-state index contributed by atoms with van der Waals surface area (Å²) in [6, 6.07) is 3.75. The standard InChI is InChI=1S/C9H6N6O/c1-6-13-9(16-14-6)4-15-5-12-7(2-10)8(15)3-11/h5H,4H2,1H3. The van der Waals surface area contributed by atoms with Crippen molar-refractivity contribution in [3.8, 4) is 12.1 Å². The topological polar surface area (TPSA) is 104 Å². The Labute approximate surface area is 90.6 Å². The predicted octanol–water partition coefficient (Wildman–Crippen LogP) is 0.366. The first-order valence-electron chi connectivity index (χ1n) is 4.39. The average Bonchev–Trinajstić information content (AvgIpc) is 2.85. The van der Waals surface area contributed by atoms with Gasteiger partial charge in [0.1, 0.15) is 18.7 Å². The summed E-state index contributed by atoms with van der Waals surface area (Å²) >= 11 is 0. The first-order valence-corrected chi connectivity index (χ1v) is 4.39. The van der Waals surface area contributed by atoms with Gasteiger partial charge in [-0.05, 0) is 6.92 Å². The van der Waals surface area contributed by atoms with E-state index in [2.05, 4.69) is 15.1 Å². The highest BCUT2D eigenvalue weighted by Gasteiger charge is 2.12. The Morgan fingerprint density at radius 1 is 1.44 bits per heavy atom. The molecule has 2 heterocycles. The zero-order chi connectivity index (χ0) is 11.5. The zero-order valence-electron chi connectivity index (χ0n) is 8.38. The summed E-state index contributed by atoms with van der Waals surface area (Å²) in [5, 5.41) is 21.2. The van der Waals surface area contributed by atoms with Crippen LogP contribution in [0.25, 0.3) is 0 Å². The third kappa shape index (κ3) is 1.62. The molecule has 7 heteroatoms. The molecule has 0 fully saturated rings. The maximum atomic E-state index is 8.87. The molecule has 2 aromatic rings. The summed E-state index contributed by atoms with van der Waals surface area (Å²) in [5.74, 6) is 0.894. The van der Waals surface area contributed by atoms with E-state index in [1.165, 1.54) is 10.9 Å². The Hall–Kier alpha value is -2.67. The van der Waals surface area contributed by atoms with Crippen LogP contribution in [0, 0.1) is 29.6 Å². The number of hydrogen-bond acceptors (Lipinski definition) is 6. The molecule has 0 unspecified atom stereocenters. The molecule has 0 N–H and O–H groups in total. The molecule has 0 amide bonds. The van der Waals surface area contributed by atoms with Gasteiger partial charge >= 0.3 is 0 Å². The first-order chi connectivity index (χ1) is 7.74. The van der Waals surface area contributed by atoms with Crippen LogP contribution < -0.4 is 0 Å². The largest absolute Gasteiger partial charge is 0.337 e. The lowest BCUT2D eigenvalue weighted by atomic mass is 10.3. The van der Waals surface area contributed by atoms with Crippen molar-refractivity contribution in [3.63, 3.8) is 0 Å². The van der Waals surface area contributed by atoms with E-state index >= 15 is 0 Å². The molecular weight excluding hydrogens is 208 g/mol. The molecule has 7 nitrogen and oxygen atoms in total. The molecule has 0 bridgehead atoms. The summed E-state index contributed by atoms with van der Waals surface area (Å²) in [5.41, 5.74) is 0.289. The van der Waals surface area contributed by atoms with Gasteiger partial charge in [0.25, 0.3) is 0 Å². The summed E-state index contributed by atoms with van der Waals surface area (Å²) < 4.78 is 6.40. The fraction of sp³-hybridized carbons (Fsp3) is 0.222. The Balaban J connectivity index is 2.33.